The summed E-state index contributed by atoms with van der Waals surface area (Å²) in [6, 6.07) is 7.73. The number of nitrogens with one attached hydrogen (secondary N) is 1. The Morgan fingerprint density at radius 3 is 2.31 bits per heavy atom. The molecule has 0 saturated heterocycles. The van der Waals surface area contributed by atoms with Gasteiger partial charge in [0, 0.05) is 6.42 Å². The minimum Gasteiger partial charge on any atom is -0.497 e. The number of carbonyl (C=O) groups is 1. The van der Waals surface area contributed by atoms with E-state index in [4.69, 9.17) is 4.74 Å². The van der Waals surface area contributed by atoms with E-state index in [-0.39, 0.29) is 11.4 Å². The van der Waals surface area contributed by atoms with Gasteiger partial charge < -0.3 is 10.1 Å². The van der Waals surface area contributed by atoms with Crippen LogP contribution in [0.25, 0.3) is 0 Å². The zero-order chi connectivity index (χ0) is 12.2. The average Bonchev–Trinajstić information content (AvgIpc) is 2.28. The first kappa shape index (κ1) is 12.6. The van der Waals surface area contributed by atoms with E-state index in [2.05, 4.69) is 5.32 Å². The molecule has 1 amide bonds. The maximum atomic E-state index is 11.4. The van der Waals surface area contributed by atoms with Crippen molar-refractivity contribution in [2.45, 2.75) is 32.7 Å². The Morgan fingerprint density at radius 2 is 1.88 bits per heavy atom. The molecule has 0 aromatic heterocycles. The fourth-order valence-electron chi connectivity index (χ4n) is 1.52. The average molecular weight is 221 g/mol. The van der Waals surface area contributed by atoms with Gasteiger partial charge in [-0.25, -0.2) is 0 Å². The SMILES string of the molecule is CCC(=O)NC(C)(C)c1ccc(OC)cc1. The highest BCUT2D eigenvalue weighted by Crippen LogP contribution is 2.22. The quantitative estimate of drug-likeness (QED) is 0.848. The molecule has 0 bridgehead atoms. The summed E-state index contributed by atoms with van der Waals surface area (Å²) < 4.78 is 5.10. The van der Waals surface area contributed by atoms with Crippen LogP contribution in [0, 0.1) is 0 Å². The summed E-state index contributed by atoms with van der Waals surface area (Å²) in [5, 5.41) is 2.98. The summed E-state index contributed by atoms with van der Waals surface area (Å²) >= 11 is 0. The van der Waals surface area contributed by atoms with Crippen molar-refractivity contribution in [1.29, 1.82) is 0 Å². The summed E-state index contributed by atoms with van der Waals surface area (Å²) in [7, 11) is 1.64. The van der Waals surface area contributed by atoms with Crippen LogP contribution in [-0.2, 0) is 10.3 Å². The summed E-state index contributed by atoms with van der Waals surface area (Å²) in [5.41, 5.74) is 0.717. The number of benzene rings is 1. The van der Waals surface area contributed by atoms with Crippen molar-refractivity contribution in [1.82, 2.24) is 5.32 Å². The van der Waals surface area contributed by atoms with Gasteiger partial charge in [-0.15, -0.1) is 0 Å². The lowest BCUT2D eigenvalue weighted by molar-refractivity contribution is -0.122. The number of carbonyl (C=O) groups excluding carboxylic acids is 1. The predicted octanol–water partition coefficient (Wildman–Crippen LogP) is 2.46. The minimum absolute atomic E-state index is 0.0563. The molecule has 1 N–H and O–H groups in total. The zero-order valence-electron chi connectivity index (χ0n) is 10.3. The van der Waals surface area contributed by atoms with Crippen LogP contribution >= 0.6 is 0 Å². The van der Waals surface area contributed by atoms with Crippen LogP contribution in [-0.4, -0.2) is 13.0 Å². The molecule has 88 valence electrons. The number of ether oxygens (including phenoxy) is 1. The first-order valence-electron chi connectivity index (χ1n) is 5.45. The van der Waals surface area contributed by atoms with Crippen LogP contribution in [0.1, 0.15) is 32.8 Å². The Morgan fingerprint density at radius 1 is 1.31 bits per heavy atom. The molecule has 0 aliphatic rings. The van der Waals surface area contributed by atoms with Crippen LogP contribution in [0.4, 0.5) is 0 Å². The summed E-state index contributed by atoms with van der Waals surface area (Å²) in [6.45, 7) is 5.82. The molecule has 1 aromatic carbocycles. The number of amides is 1. The van der Waals surface area contributed by atoms with Gasteiger partial charge in [-0.2, -0.15) is 0 Å². The number of hydrogen-bond acceptors (Lipinski definition) is 2. The maximum absolute atomic E-state index is 11.4. The molecule has 0 spiro atoms. The third-order valence-corrected chi connectivity index (χ3v) is 2.58. The van der Waals surface area contributed by atoms with E-state index in [0.29, 0.717) is 6.42 Å². The monoisotopic (exact) mass is 221 g/mol. The van der Waals surface area contributed by atoms with Crippen molar-refractivity contribution in [2.75, 3.05) is 7.11 Å². The van der Waals surface area contributed by atoms with Gasteiger partial charge in [0.2, 0.25) is 5.91 Å². The zero-order valence-corrected chi connectivity index (χ0v) is 10.3. The molecule has 1 rings (SSSR count). The lowest BCUT2D eigenvalue weighted by Gasteiger charge is -2.26. The Balaban J connectivity index is 2.84. The van der Waals surface area contributed by atoms with E-state index in [9.17, 15) is 4.79 Å². The predicted molar refractivity (Wildman–Crippen MR) is 64.5 cm³/mol. The molecule has 16 heavy (non-hydrogen) atoms. The summed E-state index contributed by atoms with van der Waals surface area (Å²) in [6.07, 6.45) is 0.500. The van der Waals surface area contributed by atoms with Crippen LogP contribution in [0.5, 0.6) is 5.75 Å². The van der Waals surface area contributed by atoms with Crippen LogP contribution in [0.2, 0.25) is 0 Å². The largest absolute Gasteiger partial charge is 0.497 e. The lowest BCUT2D eigenvalue weighted by Crippen LogP contribution is -2.40. The Hall–Kier alpha value is -1.51. The molecule has 0 radical (unpaired) electrons. The van der Waals surface area contributed by atoms with Gasteiger partial charge in [0.05, 0.1) is 12.6 Å². The smallest absolute Gasteiger partial charge is 0.220 e. The summed E-state index contributed by atoms with van der Waals surface area (Å²) in [5.74, 6) is 0.877. The van der Waals surface area contributed by atoms with Gasteiger partial charge >= 0.3 is 0 Å². The van der Waals surface area contributed by atoms with E-state index < -0.39 is 0 Å². The van der Waals surface area contributed by atoms with Crippen molar-refractivity contribution in [3.05, 3.63) is 29.8 Å². The Kier molecular flexibility index (Phi) is 3.93. The second-order valence-electron chi connectivity index (χ2n) is 4.26. The molecular formula is C13H19NO2. The van der Waals surface area contributed by atoms with Crippen molar-refractivity contribution in [3.63, 3.8) is 0 Å². The van der Waals surface area contributed by atoms with Gasteiger partial charge in [0.25, 0.3) is 0 Å². The highest BCUT2D eigenvalue weighted by atomic mass is 16.5. The number of rotatable bonds is 4. The third-order valence-electron chi connectivity index (χ3n) is 2.58. The molecule has 0 fully saturated rings. The molecule has 0 heterocycles. The molecule has 1 aromatic rings. The number of methoxy groups -OCH3 is 1. The van der Waals surface area contributed by atoms with E-state index in [1.54, 1.807) is 7.11 Å². The lowest BCUT2D eigenvalue weighted by atomic mass is 9.94. The fraction of sp³-hybridized carbons (Fsp3) is 0.462. The van der Waals surface area contributed by atoms with Gasteiger partial charge in [0.1, 0.15) is 5.75 Å². The normalized spacial score (nSPS) is 11.0. The minimum atomic E-state index is -0.348. The van der Waals surface area contributed by atoms with E-state index in [1.165, 1.54) is 0 Å². The first-order chi connectivity index (χ1) is 7.49. The van der Waals surface area contributed by atoms with E-state index in [0.717, 1.165) is 11.3 Å². The highest BCUT2D eigenvalue weighted by Gasteiger charge is 2.21. The van der Waals surface area contributed by atoms with Gasteiger partial charge in [-0.1, -0.05) is 19.1 Å². The van der Waals surface area contributed by atoms with Crippen molar-refractivity contribution >= 4 is 5.91 Å². The maximum Gasteiger partial charge on any atom is 0.220 e. The summed E-state index contributed by atoms with van der Waals surface area (Å²) in [4.78, 5) is 11.4. The first-order valence-corrected chi connectivity index (χ1v) is 5.45. The topological polar surface area (TPSA) is 38.3 Å². The molecule has 0 atom stereocenters. The Bertz CT molecular complexity index is 355. The van der Waals surface area contributed by atoms with E-state index in [1.807, 2.05) is 45.0 Å². The highest BCUT2D eigenvalue weighted by molar-refractivity contribution is 5.76. The molecule has 3 heteroatoms. The Labute approximate surface area is 96.8 Å². The second kappa shape index (κ2) is 5.01. The van der Waals surface area contributed by atoms with Crippen molar-refractivity contribution < 1.29 is 9.53 Å². The molecule has 0 aliphatic heterocycles. The fourth-order valence-corrected chi connectivity index (χ4v) is 1.52. The third kappa shape index (κ3) is 2.99. The molecular weight excluding hydrogens is 202 g/mol. The second-order valence-corrected chi connectivity index (χ2v) is 4.26. The van der Waals surface area contributed by atoms with Crippen LogP contribution in [0.15, 0.2) is 24.3 Å². The molecule has 0 unspecified atom stereocenters. The molecule has 0 saturated carbocycles. The number of hydrogen-bond donors (Lipinski definition) is 1. The van der Waals surface area contributed by atoms with Crippen LogP contribution in [0.3, 0.4) is 0 Å². The van der Waals surface area contributed by atoms with Crippen molar-refractivity contribution in [2.24, 2.45) is 0 Å². The molecule has 3 nitrogen and oxygen atoms in total. The van der Waals surface area contributed by atoms with Crippen molar-refractivity contribution in [3.8, 4) is 5.75 Å². The van der Waals surface area contributed by atoms with Gasteiger partial charge in [0.15, 0.2) is 0 Å². The van der Waals surface area contributed by atoms with Gasteiger partial charge in [-0.3, -0.25) is 4.79 Å². The van der Waals surface area contributed by atoms with Gasteiger partial charge in [-0.05, 0) is 31.5 Å². The van der Waals surface area contributed by atoms with E-state index >= 15 is 0 Å². The van der Waals surface area contributed by atoms with Crippen LogP contribution < -0.4 is 10.1 Å². The standard InChI is InChI=1S/C13H19NO2/c1-5-12(15)14-13(2,3)10-6-8-11(16-4)9-7-10/h6-9H,5H2,1-4H3,(H,14,15). The molecule has 0 aliphatic carbocycles.